The molecule has 0 aromatic carbocycles. The summed E-state index contributed by atoms with van der Waals surface area (Å²) in [4.78, 5) is 1.06. The standard InChI is InChI=1S/C12H19NO3S2/c1-2-9-7-8-12(17-9)18(15,16)13-10-5-3-4-6-11(10)14/h7-8,10-11,13-14H,2-6H2,1H3/t10-,11-/m1/s1. The van der Waals surface area contributed by atoms with Crippen LogP contribution in [-0.2, 0) is 16.4 Å². The van der Waals surface area contributed by atoms with Gasteiger partial charge in [0.1, 0.15) is 4.21 Å². The lowest BCUT2D eigenvalue weighted by Gasteiger charge is -2.27. The highest BCUT2D eigenvalue weighted by atomic mass is 32.2. The molecule has 0 amide bonds. The number of aliphatic hydroxyl groups is 1. The average Bonchev–Trinajstić information content (AvgIpc) is 2.81. The number of hydrogen-bond acceptors (Lipinski definition) is 4. The lowest BCUT2D eigenvalue weighted by Crippen LogP contribution is -2.44. The van der Waals surface area contributed by atoms with Crippen molar-refractivity contribution in [1.82, 2.24) is 4.72 Å². The molecule has 1 saturated carbocycles. The number of aryl methyl sites for hydroxylation is 1. The predicted octanol–water partition coefficient (Wildman–Crippen LogP) is 1.89. The molecule has 0 bridgehead atoms. The first-order chi connectivity index (χ1) is 8.53. The third-order valence-corrected chi connectivity index (χ3v) is 6.50. The fraction of sp³-hybridized carbons (Fsp3) is 0.667. The van der Waals surface area contributed by atoms with Crippen LogP contribution in [0.1, 0.15) is 37.5 Å². The van der Waals surface area contributed by atoms with E-state index in [9.17, 15) is 13.5 Å². The highest BCUT2D eigenvalue weighted by Gasteiger charge is 2.28. The zero-order valence-electron chi connectivity index (χ0n) is 10.4. The molecule has 0 unspecified atom stereocenters. The Morgan fingerprint density at radius 3 is 2.72 bits per heavy atom. The smallest absolute Gasteiger partial charge is 0.250 e. The van der Waals surface area contributed by atoms with Crippen LogP contribution in [0.3, 0.4) is 0 Å². The van der Waals surface area contributed by atoms with Crippen LogP contribution in [0.4, 0.5) is 0 Å². The van der Waals surface area contributed by atoms with Crippen LogP contribution in [0.15, 0.2) is 16.3 Å². The summed E-state index contributed by atoms with van der Waals surface area (Å²) in [5, 5.41) is 9.81. The van der Waals surface area contributed by atoms with Crippen LogP contribution in [0.25, 0.3) is 0 Å². The second kappa shape index (κ2) is 5.69. The quantitative estimate of drug-likeness (QED) is 0.889. The van der Waals surface area contributed by atoms with Gasteiger partial charge in [0, 0.05) is 10.9 Å². The summed E-state index contributed by atoms with van der Waals surface area (Å²) in [5.41, 5.74) is 0. The highest BCUT2D eigenvalue weighted by Crippen LogP contribution is 2.24. The summed E-state index contributed by atoms with van der Waals surface area (Å²) in [6.45, 7) is 2.00. The third kappa shape index (κ3) is 3.12. The Labute approximate surface area is 112 Å². The van der Waals surface area contributed by atoms with Gasteiger partial charge in [-0.2, -0.15) is 0 Å². The molecule has 1 aromatic rings. The van der Waals surface area contributed by atoms with Crippen molar-refractivity contribution in [1.29, 1.82) is 0 Å². The van der Waals surface area contributed by atoms with E-state index in [1.54, 1.807) is 6.07 Å². The minimum atomic E-state index is -3.47. The first kappa shape index (κ1) is 14.0. The molecule has 0 saturated heterocycles. The van der Waals surface area contributed by atoms with E-state index >= 15 is 0 Å². The highest BCUT2D eigenvalue weighted by molar-refractivity contribution is 7.91. The summed E-state index contributed by atoms with van der Waals surface area (Å²) in [6, 6.07) is 3.15. The van der Waals surface area contributed by atoms with E-state index in [4.69, 9.17) is 0 Å². The van der Waals surface area contributed by atoms with Crippen molar-refractivity contribution < 1.29 is 13.5 Å². The maximum atomic E-state index is 12.2. The molecule has 1 aliphatic rings. The van der Waals surface area contributed by atoms with Gasteiger partial charge in [0.05, 0.1) is 6.10 Å². The summed E-state index contributed by atoms with van der Waals surface area (Å²) < 4.78 is 27.3. The van der Waals surface area contributed by atoms with Crippen molar-refractivity contribution in [2.75, 3.05) is 0 Å². The second-order valence-corrected chi connectivity index (χ2v) is 7.76. The molecule has 1 aliphatic carbocycles. The van der Waals surface area contributed by atoms with Gasteiger partial charge in [-0.3, -0.25) is 0 Å². The number of aliphatic hydroxyl groups excluding tert-OH is 1. The molecular formula is C12H19NO3S2. The number of rotatable bonds is 4. The molecule has 4 nitrogen and oxygen atoms in total. The molecule has 2 N–H and O–H groups in total. The van der Waals surface area contributed by atoms with E-state index < -0.39 is 16.1 Å². The average molecular weight is 289 g/mol. The van der Waals surface area contributed by atoms with E-state index in [0.29, 0.717) is 17.1 Å². The van der Waals surface area contributed by atoms with Crippen LogP contribution < -0.4 is 4.72 Å². The molecular weight excluding hydrogens is 270 g/mol. The van der Waals surface area contributed by atoms with Gasteiger partial charge in [0.2, 0.25) is 10.0 Å². The SMILES string of the molecule is CCc1ccc(S(=O)(=O)N[C@@H]2CCCC[C@H]2O)s1. The molecule has 2 rings (SSSR count). The van der Waals surface area contributed by atoms with Crippen LogP contribution in [0.5, 0.6) is 0 Å². The van der Waals surface area contributed by atoms with Gasteiger partial charge in [-0.25, -0.2) is 13.1 Å². The first-order valence-corrected chi connectivity index (χ1v) is 8.62. The van der Waals surface area contributed by atoms with Crippen molar-refractivity contribution in [3.05, 3.63) is 17.0 Å². The topological polar surface area (TPSA) is 66.4 Å². The van der Waals surface area contributed by atoms with Gasteiger partial charge in [0.15, 0.2) is 0 Å². The molecule has 1 aromatic heterocycles. The van der Waals surface area contributed by atoms with Crippen molar-refractivity contribution in [2.45, 2.75) is 55.4 Å². The van der Waals surface area contributed by atoms with Crippen LogP contribution in [0, 0.1) is 0 Å². The Kier molecular flexibility index (Phi) is 4.42. The Bertz CT molecular complexity index is 495. The number of thiophene rings is 1. The van der Waals surface area contributed by atoms with E-state index in [1.165, 1.54) is 11.3 Å². The molecule has 6 heteroatoms. The maximum absolute atomic E-state index is 12.2. The predicted molar refractivity (Wildman–Crippen MR) is 72.3 cm³/mol. The molecule has 0 aliphatic heterocycles. The number of hydrogen-bond donors (Lipinski definition) is 2. The molecule has 1 heterocycles. The third-order valence-electron chi connectivity index (χ3n) is 3.29. The van der Waals surface area contributed by atoms with Gasteiger partial charge in [-0.05, 0) is 31.4 Å². The summed E-state index contributed by atoms with van der Waals surface area (Å²) in [5.74, 6) is 0. The van der Waals surface area contributed by atoms with Gasteiger partial charge in [-0.1, -0.05) is 19.8 Å². The van der Waals surface area contributed by atoms with E-state index in [1.807, 2.05) is 13.0 Å². The summed E-state index contributed by atoms with van der Waals surface area (Å²) in [6.07, 6.45) is 3.61. The van der Waals surface area contributed by atoms with Crippen molar-refractivity contribution in [3.8, 4) is 0 Å². The van der Waals surface area contributed by atoms with Gasteiger partial charge in [0.25, 0.3) is 0 Å². The lowest BCUT2D eigenvalue weighted by molar-refractivity contribution is 0.101. The Balaban J connectivity index is 2.11. The zero-order valence-corrected chi connectivity index (χ0v) is 12.1. The minimum absolute atomic E-state index is 0.337. The number of nitrogens with one attached hydrogen (secondary N) is 1. The van der Waals surface area contributed by atoms with Crippen molar-refractivity contribution in [2.24, 2.45) is 0 Å². The second-order valence-electron chi connectivity index (χ2n) is 4.65. The van der Waals surface area contributed by atoms with Crippen molar-refractivity contribution >= 4 is 21.4 Å². The molecule has 0 radical (unpaired) electrons. The molecule has 0 spiro atoms. The van der Waals surface area contributed by atoms with Gasteiger partial charge >= 0.3 is 0 Å². The van der Waals surface area contributed by atoms with E-state index in [0.717, 1.165) is 24.1 Å². The lowest BCUT2D eigenvalue weighted by atomic mass is 9.93. The largest absolute Gasteiger partial charge is 0.391 e. The monoisotopic (exact) mass is 289 g/mol. The fourth-order valence-electron chi connectivity index (χ4n) is 2.20. The minimum Gasteiger partial charge on any atom is -0.391 e. The maximum Gasteiger partial charge on any atom is 0.250 e. The van der Waals surface area contributed by atoms with Crippen LogP contribution in [-0.4, -0.2) is 25.7 Å². The van der Waals surface area contributed by atoms with Crippen LogP contribution in [0.2, 0.25) is 0 Å². The van der Waals surface area contributed by atoms with E-state index in [2.05, 4.69) is 4.72 Å². The Hall–Kier alpha value is -0.430. The zero-order chi connectivity index (χ0) is 13.2. The van der Waals surface area contributed by atoms with Gasteiger partial charge in [-0.15, -0.1) is 11.3 Å². The molecule has 102 valence electrons. The summed E-state index contributed by atoms with van der Waals surface area (Å²) in [7, 11) is -3.47. The normalized spacial score (nSPS) is 25.2. The number of sulfonamides is 1. The summed E-state index contributed by atoms with van der Waals surface area (Å²) >= 11 is 1.30. The van der Waals surface area contributed by atoms with Crippen LogP contribution >= 0.6 is 11.3 Å². The molecule has 2 atom stereocenters. The molecule has 1 fully saturated rings. The van der Waals surface area contributed by atoms with E-state index in [-0.39, 0.29) is 6.04 Å². The van der Waals surface area contributed by atoms with Gasteiger partial charge < -0.3 is 5.11 Å². The Morgan fingerprint density at radius 2 is 2.11 bits per heavy atom. The van der Waals surface area contributed by atoms with Crippen molar-refractivity contribution in [3.63, 3.8) is 0 Å². The first-order valence-electron chi connectivity index (χ1n) is 6.32. The molecule has 18 heavy (non-hydrogen) atoms. The fourth-order valence-corrected chi connectivity index (χ4v) is 4.81. The Morgan fingerprint density at radius 1 is 1.39 bits per heavy atom.